The second-order valence-electron chi connectivity index (χ2n) is 12.3. The fourth-order valence-corrected chi connectivity index (χ4v) is 8.10. The first-order valence-corrected chi connectivity index (χ1v) is 17.1. The first kappa shape index (κ1) is 31.1. The van der Waals surface area contributed by atoms with Crippen LogP contribution in [0.2, 0.25) is 0 Å². The SMILES string of the molecule is CCN(CC)C(CC1CCC(C(c2ccc(F)cc2)N(C)C)CC1)c1nc(Cc2ccccc2)c(N2CCSCC2)o1. The van der Waals surface area contributed by atoms with Gasteiger partial charge in [-0.1, -0.05) is 69.2 Å². The predicted molar refractivity (Wildman–Crippen MR) is 174 cm³/mol. The third-order valence-corrected chi connectivity index (χ3v) is 10.3. The van der Waals surface area contributed by atoms with Gasteiger partial charge in [-0.2, -0.15) is 11.8 Å². The fourth-order valence-electron chi connectivity index (χ4n) is 7.20. The quantitative estimate of drug-likeness (QED) is 0.213. The molecule has 7 heteroatoms. The number of benzene rings is 2. The van der Waals surface area contributed by atoms with Crippen LogP contribution < -0.4 is 4.90 Å². The van der Waals surface area contributed by atoms with Crippen LogP contribution in [-0.4, -0.2) is 66.6 Å². The number of thioether (sulfide) groups is 1. The van der Waals surface area contributed by atoms with E-state index < -0.39 is 0 Å². The van der Waals surface area contributed by atoms with E-state index in [0.717, 1.165) is 68.0 Å². The zero-order chi connectivity index (χ0) is 29.5. The molecule has 2 unspecified atom stereocenters. The van der Waals surface area contributed by atoms with Crippen LogP contribution in [0.15, 0.2) is 59.0 Å². The molecule has 0 bridgehead atoms. The molecule has 0 amide bonds. The summed E-state index contributed by atoms with van der Waals surface area (Å²) in [6.45, 7) is 8.51. The summed E-state index contributed by atoms with van der Waals surface area (Å²) in [4.78, 5) is 12.6. The van der Waals surface area contributed by atoms with Crippen LogP contribution in [0, 0.1) is 17.7 Å². The molecule has 2 fully saturated rings. The Morgan fingerprint density at radius 1 is 0.952 bits per heavy atom. The highest BCUT2D eigenvalue weighted by molar-refractivity contribution is 7.99. The molecule has 2 atom stereocenters. The number of anilines is 1. The molecule has 0 spiro atoms. The van der Waals surface area contributed by atoms with Crippen molar-refractivity contribution < 1.29 is 8.81 Å². The first-order chi connectivity index (χ1) is 20.5. The van der Waals surface area contributed by atoms with Crippen LogP contribution in [0.5, 0.6) is 0 Å². The van der Waals surface area contributed by atoms with Crippen molar-refractivity contribution in [3.8, 4) is 0 Å². The maximum Gasteiger partial charge on any atom is 0.220 e. The number of nitrogens with zero attached hydrogens (tertiary/aromatic N) is 4. The minimum atomic E-state index is -0.164. The van der Waals surface area contributed by atoms with Crippen molar-refractivity contribution in [2.75, 3.05) is 56.7 Å². The zero-order valence-corrected chi connectivity index (χ0v) is 26.8. The molecular formula is C35H49FN4OS. The van der Waals surface area contributed by atoms with Gasteiger partial charge >= 0.3 is 0 Å². The Morgan fingerprint density at radius 2 is 1.62 bits per heavy atom. The summed E-state index contributed by atoms with van der Waals surface area (Å²) in [5.74, 6) is 5.22. The van der Waals surface area contributed by atoms with Gasteiger partial charge in [0.1, 0.15) is 11.5 Å². The van der Waals surface area contributed by atoms with E-state index >= 15 is 0 Å². The van der Waals surface area contributed by atoms with Crippen LogP contribution in [0.3, 0.4) is 0 Å². The highest BCUT2D eigenvalue weighted by Gasteiger charge is 2.34. The van der Waals surface area contributed by atoms with Gasteiger partial charge in [0.15, 0.2) is 0 Å². The second-order valence-corrected chi connectivity index (χ2v) is 13.5. The summed E-state index contributed by atoms with van der Waals surface area (Å²) in [6, 6.07) is 18.3. The summed E-state index contributed by atoms with van der Waals surface area (Å²) in [5.41, 5.74) is 3.58. The highest BCUT2D eigenvalue weighted by atomic mass is 32.2. The van der Waals surface area contributed by atoms with E-state index in [0.29, 0.717) is 17.9 Å². The fraction of sp³-hybridized carbons (Fsp3) is 0.571. The molecule has 5 nitrogen and oxygen atoms in total. The van der Waals surface area contributed by atoms with Gasteiger partial charge in [-0.25, -0.2) is 9.37 Å². The van der Waals surface area contributed by atoms with Crippen LogP contribution in [-0.2, 0) is 6.42 Å². The smallest absolute Gasteiger partial charge is 0.220 e. The van der Waals surface area contributed by atoms with Crippen molar-refractivity contribution >= 4 is 17.6 Å². The van der Waals surface area contributed by atoms with E-state index in [2.05, 4.69) is 73.0 Å². The monoisotopic (exact) mass is 592 g/mol. The topological polar surface area (TPSA) is 35.8 Å². The summed E-state index contributed by atoms with van der Waals surface area (Å²) in [7, 11) is 4.31. The lowest BCUT2D eigenvalue weighted by atomic mass is 9.74. The van der Waals surface area contributed by atoms with Gasteiger partial charge in [-0.05, 0) is 81.5 Å². The Labute approximate surface area is 256 Å². The number of aromatic nitrogens is 1. The minimum absolute atomic E-state index is 0.164. The minimum Gasteiger partial charge on any atom is -0.423 e. The lowest BCUT2D eigenvalue weighted by Crippen LogP contribution is -2.33. The van der Waals surface area contributed by atoms with E-state index in [9.17, 15) is 4.39 Å². The van der Waals surface area contributed by atoms with E-state index in [1.807, 2.05) is 23.9 Å². The van der Waals surface area contributed by atoms with Crippen LogP contribution >= 0.6 is 11.8 Å². The Balaban J connectivity index is 1.34. The zero-order valence-electron chi connectivity index (χ0n) is 26.0. The van der Waals surface area contributed by atoms with Gasteiger partial charge in [0.05, 0.1) is 6.04 Å². The van der Waals surface area contributed by atoms with Crippen molar-refractivity contribution in [3.05, 3.63) is 83.1 Å². The molecule has 0 radical (unpaired) electrons. The first-order valence-electron chi connectivity index (χ1n) is 16.0. The van der Waals surface area contributed by atoms with E-state index in [4.69, 9.17) is 9.40 Å². The molecule has 1 aliphatic heterocycles. The molecule has 1 saturated heterocycles. The normalized spacial score (nSPS) is 21.2. The van der Waals surface area contributed by atoms with Gasteiger partial charge in [0.25, 0.3) is 0 Å². The van der Waals surface area contributed by atoms with Crippen LogP contribution in [0.25, 0.3) is 0 Å². The molecule has 1 aromatic heterocycles. The molecule has 2 aromatic carbocycles. The molecule has 5 rings (SSSR count). The van der Waals surface area contributed by atoms with Crippen molar-refractivity contribution in [2.45, 2.75) is 64.5 Å². The Bertz CT molecular complexity index is 1220. The van der Waals surface area contributed by atoms with Gasteiger partial charge in [-0.3, -0.25) is 4.90 Å². The molecule has 42 heavy (non-hydrogen) atoms. The summed E-state index contributed by atoms with van der Waals surface area (Å²) < 4.78 is 20.4. The average Bonchev–Trinajstić information content (AvgIpc) is 3.43. The van der Waals surface area contributed by atoms with Gasteiger partial charge in [0.2, 0.25) is 11.8 Å². The molecule has 1 aliphatic carbocycles. The van der Waals surface area contributed by atoms with Crippen molar-refractivity contribution in [1.82, 2.24) is 14.8 Å². The number of oxazole rings is 1. The summed E-state index contributed by atoms with van der Waals surface area (Å²) in [6.07, 6.45) is 6.69. The lowest BCUT2D eigenvalue weighted by molar-refractivity contribution is 0.112. The van der Waals surface area contributed by atoms with Crippen molar-refractivity contribution in [2.24, 2.45) is 11.8 Å². The standard InChI is InChI=1S/C35H49FN4OS/c1-5-39(6-2)32(25-27-12-14-28(15-13-27)33(38(3)4)29-16-18-30(36)19-17-29)34-37-31(24-26-10-8-7-9-11-26)35(41-34)40-20-22-42-23-21-40/h7-11,16-19,27-28,32-33H,5-6,12-15,20-25H2,1-4H3. The van der Waals surface area contributed by atoms with E-state index in [1.165, 1.54) is 36.8 Å². The molecular weight excluding hydrogens is 543 g/mol. The van der Waals surface area contributed by atoms with Gasteiger partial charge in [-0.15, -0.1) is 0 Å². The number of hydrogen-bond donors (Lipinski definition) is 0. The van der Waals surface area contributed by atoms with Gasteiger partial charge in [0, 0.05) is 37.1 Å². The number of halogens is 1. The van der Waals surface area contributed by atoms with Crippen molar-refractivity contribution in [1.29, 1.82) is 0 Å². The van der Waals surface area contributed by atoms with Gasteiger partial charge < -0.3 is 14.2 Å². The Hall–Kier alpha value is -2.35. The Morgan fingerprint density at radius 3 is 2.24 bits per heavy atom. The second kappa shape index (κ2) is 14.9. The third kappa shape index (κ3) is 7.59. The Kier molecular flexibility index (Phi) is 11.0. The molecule has 228 valence electrons. The predicted octanol–water partition coefficient (Wildman–Crippen LogP) is 7.84. The summed E-state index contributed by atoms with van der Waals surface area (Å²) >= 11 is 2.02. The number of hydrogen-bond acceptors (Lipinski definition) is 6. The number of rotatable bonds is 12. The molecule has 1 saturated carbocycles. The maximum atomic E-state index is 13.6. The highest BCUT2D eigenvalue weighted by Crippen LogP contribution is 2.43. The molecule has 2 aliphatic rings. The summed E-state index contributed by atoms with van der Waals surface area (Å²) in [5, 5.41) is 0. The largest absolute Gasteiger partial charge is 0.423 e. The van der Waals surface area contributed by atoms with Crippen molar-refractivity contribution in [3.63, 3.8) is 0 Å². The molecule has 0 N–H and O–H groups in total. The van der Waals surface area contributed by atoms with E-state index in [-0.39, 0.29) is 11.9 Å². The third-order valence-electron chi connectivity index (χ3n) is 9.41. The van der Waals surface area contributed by atoms with Crippen LogP contribution in [0.4, 0.5) is 10.3 Å². The molecule has 2 heterocycles. The molecule has 3 aromatic rings. The van der Waals surface area contributed by atoms with Crippen LogP contribution in [0.1, 0.15) is 80.7 Å². The lowest BCUT2D eigenvalue weighted by Gasteiger charge is -2.39. The average molecular weight is 593 g/mol. The van der Waals surface area contributed by atoms with E-state index in [1.54, 1.807) is 12.1 Å². The maximum absolute atomic E-state index is 13.6.